The Balaban J connectivity index is 2.34. The quantitative estimate of drug-likeness (QED) is 0.915. The lowest BCUT2D eigenvalue weighted by atomic mass is 10.0. The second kappa shape index (κ2) is 5.26. The number of aryl methyl sites for hydroxylation is 1. The molecule has 0 aliphatic heterocycles. The first kappa shape index (κ1) is 13.3. The zero-order valence-corrected chi connectivity index (χ0v) is 11.6. The fourth-order valence-electron chi connectivity index (χ4n) is 2.05. The van der Waals surface area contributed by atoms with Gasteiger partial charge in [0.2, 0.25) is 5.91 Å². The number of carbonyl (C=O) groups is 1. The highest BCUT2D eigenvalue weighted by Crippen LogP contribution is 2.22. The average molecular weight is 257 g/mol. The third-order valence-electron chi connectivity index (χ3n) is 3.02. The van der Waals surface area contributed by atoms with E-state index in [0.29, 0.717) is 11.5 Å². The van der Waals surface area contributed by atoms with E-state index < -0.39 is 5.91 Å². The van der Waals surface area contributed by atoms with E-state index in [1.807, 2.05) is 42.2 Å². The first-order chi connectivity index (χ1) is 8.97. The van der Waals surface area contributed by atoms with Crippen molar-refractivity contribution in [1.29, 1.82) is 0 Å². The lowest BCUT2D eigenvalue weighted by Crippen LogP contribution is -2.12. The van der Waals surface area contributed by atoms with Crippen LogP contribution in [0.15, 0.2) is 30.6 Å². The Morgan fingerprint density at radius 2 is 2.11 bits per heavy atom. The van der Waals surface area contributed by atoms with E-state index in [2.05, 4.69) is 18.9 Å². The molecule has 0 saturated carbocycles. The van der Waals surface area contributed by atoms with Crippen molar-refractivity contribution in [3.8, 4) is 11.1 Å². The number of nitrogens with zero attached hydrogens (tertiary/aromatic N) is 2. The van der Waals surface area contributed by atoms with Crippen LogP contribution in [0.25, 0.3) is 11.1 Å². The van der Waals surface area contributed by atoms with E-state index in [1.165, 1.54) is 0 Å². The van der Waals surface area contributed by atoms with E-state index >= 15 is 0 Å². The van der Waals surface area contributed by atoms with Gasteiger partial charge in [0.25, 0.3) is 0 Å². The maximum Gasteiger partial charge on any atom is 0.248 e. The average Bonchev–Trinajstić information content (AvgIpc) is 2.76. The molecule has 1 aromatic carbocycles. The molecule has 2 aromatic rings. The van der Waals surface area contributed by atoms with Crippen LogP contribution < -0.4 is 5.73 Å². The van der Waals surface area contributed by atoms with Gasteiger partial charge in [0.05, 0.1) is 6.20 Å². The van der Waals surface area contributed by atoms with Crippen LogP contribution in [0.4, 0.5) is 0 Å². The highest BCUT2D eigenvalue weighted by molar-refractivity contribution is 5.95. The smallest absolute Gasteiger partial charge is 0.248 e. The minimum Gasteiger partial charge on any atom is -0.366 e. The molecule has 1 heterocycles. The molecule has 100 valence electrons. The monoisotopic (exact) mass is 257 g/mol. The molecule has 0 fully saturated rings. The molecule has 0 aliphatic rings. The van der Waals surface area contributed by atoms with Crippen LogP contribution in [0, 0.1) is 12.8 Å². The van der Waals surface area contributed by atoms with Crippen LogP contribution in [0.1, 0.15) is 29.8 Å². The molecule has 4 heteroatoms. The van der Waals surface area contributed by atoms with Gasteiger partial charge in [0, 0.05) is 23.9 Å². The Hall–Kier alpha value is -2.10. The molecule has 0 unspecified atom stereocenters. The van der Waals surface area contributed by atoms with E-state index in [0.717, 1.165) is 23.2 Å². The minimum absolute atomic E-state index is 0.395. The highest BCUT2D eigenvalue weighted by atomic mass is 16.1. The maximum absolute atomic E-state index is 11.4. The van der Waals surface area contributed by atoms with E-state index in [4.69, 9.17) is 5.73 Å². The van der Waals surface area contributed by atoms with Gasteiger partial charge in [0.1, 0.15) is 0 Å². The zero-order chi connectivity index (χ0) is 14.0. The lowest BCUT2D eigenvalue weighted by molar-refractivity contribution is 0.1000. The first-order valence-corrected chi connectivity index (χ1v) is 6.40. The van der Waals surface area contributed by atoms with E-state index in [-0.39, 0.29) is 0 Å². The summed E-state index contributed by atoms with van der Waals surface area (Å²) in [6, 6.07) is 5.72. The van der Waals surface area contributed by atoms with Crippen LogP contribution >= 0.6 is 0 Å². The van der Waals surface area contributed by atoms with Crippen molar-refractivity contribution in [2.45, 2.75) is 27.3 Å². The lowest BCUT2D eigenvalue weighted by Gasteiger charge is -2.05. The summed E-state index contributed by atoms with van der Waals surface area (Å²) >= 11 is 0. The van der Waals surface area contributed by atoms with Gasteiger partial charge >= 0.3 is 0 Å². The van der Waals surface area contributed by atoms with Crippen molar-refractivity contribution in [1.82, 2.24) is 9.78 Å². The Kier molecular flexibility index (Phi) is 3.69. The summed E-state index contributed by atoms with van der Waals surface area (Å²) in [7, 11) is 0. The number of amides is 1. The summed E-state index contributed by atoms with van der Waals surface area (Å²) in [6.45, 7) is 7.07. The molecule has 0 saturated heterocycles. The second-order valence-electron chi connectivity index (χ2n) is 5.24. The Bertz CT molecular complexity index is 599. The number of carbonyl (C=O) groups excluding carboxylic acids is 1. The molecular weight excluding hydrogens is 238 g/mol. The van der Waals surface area contributed by atoms with Gasteiger partial charge in [-0.15, -0.1) is 0 Å². The molecule has 19 heavy (non-hydrogen) atoms. The number of aromatic nitrogens is 2. The van der Waals surface area contributed by atoms with Crippen molar-refractivity contribution in [2.24, 2.45) is 11.7 Å². The summed E-state index contributed by atoms with van der Waals surface area (Å²) in [6.07, 6.45) is 3.81. The van der Waals surface area contributed by atoms with Gasteiger partial charge in [-0.05, 0) is 30.0 Å². The summed E-state index contributed by atoms with van der Waals surface area (Å²) in [4.78, 5) is 11.4. The SMILES string of the molecule is Cc1ccc(-c2cnn(CC(C)C)c2)cc1C(N)=O. The minimum atomic E-state index is -0.395. The number of primary amides is 1. The third kappa shape index (κ3) is 3.02. The zero-order valence-electron chi connectivity index (χ0n) is 11.6. The number of hydrogen-bond acceptors (Lipinski definition) is 2. The molecule has 0 spiro atoms. The summed E-state index contributed by atoms with van der Waals surface area (Å²) in [5, 5.41) is 4.33. The predicted octanol–water partition coefficient (Wildman–Crippen LogP) is 2.61. The highest BCUT2D eigenvalue weighted by Gasteiger charge is 2.09. The van der Waals surface area contributed by atoms with Crippen molar-refractivity contribution >= 4 is 5.91 Å². The fourth-order valence-corrected chi connectivity index (χ4v) is 2.05. The number of benzene rings is 1. The van der Waals surface area contributed by atoms with Gasteiger partial charge in [0.15, 0.2) is 0 Å². The standard InChI is InChI=1S/C15H19N3O/c1-10(2)8-18-9-13(7-17-18)12-5-4-11(3)14(6-12)15(16)19/h4-7,9-10H,8H2,1-3H3,(H2,16,19). The van der Waals surface area contributed by atoms with Gasteiger partial charge in [-0.25, -0.2) is 0 Å². The van der Waals surface area contributed by atoms with Crippen molar-refractivity contribution < 1.29 is 4.79 Å². The van der Waals surface area contributed by atoms with E-state index in [1.54, 1.807) is 0 Å². The topological polar surface area (TPSA) is 60.9 Å². The van der Waals surface area contributed by atoms with Crippen LogP contribution in [0.5, 0.6) is 0 Å². The Labute approximate surface area is 113 Å². The molecule has 1 amide bonds. The molecule has 1 aromatic heterocycles. The Morgan fingerprint density at radius 1 is 1.37 bits per heavy atom. The summed E-state index contributed by atoms with van der Waals surface area (Å²) < 4.78 is 1.92. The maximum atomic E-state index is 11.4. The van der Waals surface area contributed by atoms with Crippen molar-refractivity contribution in [3.63, 3.8) is 0 Å². The number of rotatable bonds is 4. The second-order valence-corrected chi connectivity index (χ2v) is 5.24. The number of hydrogen-bond donors (Lipinski definition) is 1. The molecule has 2 N–H and O–H groups in total. The van der Waals surface area contributed by atoms with Crippen LogP contribution in [-0.2, 0) is 6.54 Å². The molecule has 0 radical (unpaired) electrons. The fraction of sp³-hybridized carbons (Fsp3) is 0.333. The Morgan fingerprint density at radius 3 is 2.74 bits per heavy atom. The summed E-state index contributed by atoms with van der Waals surface area (Å²) in [5.74, 6) is 0.154. The largest absolute Gasteiger partial charge is 0.366 e. The van der Waals surface area contributed by atoms with Crippen LogP contribution in [0.2, 0.25) is 0 Å². The first-order valence-electron chi connectivity index (χ1n) is 6.40. The van der Waals surface area contributed by atoms with Gasteiger partial charge in [-0.3, -0.25) is 9.48 Å². The van der Waals surface area contributed by atoms with Crippen molar-refractivity contribution in [3.05, 3.63) is 41.7 Å². The van der Waals surface area contributed by atoms with Crippen molar-refractivity contribution in [2.75, 3.05) is 0 Å². The van der Waals surface area contributed by atoms with Crippen LogP contribution in [0.3, 0.4) is 0 Å². The van der Waals surface area contributed by atoms with E-state index in [9.17, 15) is 4.79 Å². The normalized spacial score (nSPS) is 10.9. The number of nitrogens with two attached hydrogens (primary N) is 1. The van der Waals surface area contributed by atoms with Gasteiger partial charge in [-0.1, -0.05) is 26.0 Å². The predicted molar refractivity (Wildman–Crippen MR) is 75.8 cm³/mol. The molecular formula is C15H19N3O. The summed E-state index contributed by atoms with van der Waals surface area (Å²) in [5.41, 5.74) is 8.80. The van der Waals surface area contributed by atoms with Gasteiger partial charge < -0.3 is 5.73 Å². The van der Waals surface area contributed by atoms with Gasteiger partial charge in [-0.2, -0.15) is 5.10 Å². The molecule has 4 nitrogen and oxygen atoms in total. The molecule has 0 aliphatic carbocycles. The third-order valence-corrected chi connectivity index (χ3v) is 3.02. The molecule has 2 rings (SSSR count). The van der Waals surface area contributed by atoms with Crippen LogP contribution in [-0.4, -0.2) is 15.7 Å². The molecule has 0 atom stereocenters. The molecule has 0 bridgehead atoms.